The molecule has 128 valence electrons. The van der Waals surface area contributed by atoms with Gasteiger partial charge in [-0.1, -0.05) is 54.6 Å². The number of phenolic OH excluding ortho intramolecular Hbond substituents is 1. The summed E-state index contributed by atoms with van der Waals surface area (Å²) in [7, 11) is 0. The number of para-hydroxylation sites is 1. The molecule has 0 saturated heterocycles. The van der Waals surface area contributed by atoms with Crippen molar-refractivity contribution < 1.29 is 5.11 Å². The molecule has 25 heavy (non-hydrogen) atoms. The number of hydrogen-bond acceptors (Lipinski definition) is 3. The van der Waals surface area contributed by atoms with Crippen molar-refractivity contribution in [3.05, 3.63) is 94.8 Å². The lowest BCUT2D eigenvalue weighted by Gasteiger charge is -2.14. The largest absolute Gasteiger partial charge is 0.508 e. The van der Waals surface area contributed by atoms with Crippen LogP contribution in [0.1, 0.15) is 27.9 Å². The van der Waals surface area contributed by atoms with E-state index in [1.54, 1.807) is 6.07 Å². The number of phenols is 1. The molecule has 0 fully saturated rings. The van der Waals surface area contributed by atoms with E-state index in [-0.39, 0.29) is 6.04 Å². The Balaban J connectivity index is 1.65. The van der Waals surface area contributed by atoms with E-state index in [1.807, 2.05) is 30.5 Å². The van der Waals surface area contributed by atoms with E-state index in [0.717, 1.165) is 29.7 Å². The van der Waals surface area contributed by atoms with Gasteiger partial charge in [0.1, 0.15) is 5.75 Å². The third-order valence-electron chi connectivity index (χ3n) is 4.43. The maximum atomic E-state index is 9.88. The molecule has 0 aliphatic carbocycles. The number of nitrogens with zero attached hydrogens (tertiary/aromatic N) is 1. The summed E-state index contributed by atoms with van der Waals surface area (Å²) in [5.41, 5.74) is 11.9. The first-order valence-corrected chi connectivity index (χ1v) is 8.62. The highest BCUT2D eigenvalue weighted by Crippen LogP contribution is 2.19. The smallest absolute Gasteiger partial charge is 0.118 e. The number of aryl methyl sites for hydroxylation is 1. The van der Waals surface area contributed by atoms with Gasteiger partial charge in [-0.2, -0.15) is 0 Å². The van der Waals surface area contributed by atoms with Crippen LogP contribution in [-0.2, 0) is 19.3 Å². The molecule has 3 heteroatoms. The topological polar surface area (TPSA) is 59.1 Å². The first kappa shape index (κ1) is 17.2. The lowest BCUT2D eigenvalue weighted by Crippen LogP contribution is -2.25. The Bertz CT molecular complexity index is 830. The fourth-order valence-electron chi connectivity index (χ4n) is 3.09. The standard InChI is InChI=1S/C22H24N2O/c1-16-11-18(12-20(23)14-19-9-5-6-10-22(19)25)15-24-21(16)13-17-7-3-2-4-8-17/h2-11,15,20,25H,12-14,23H2,1H3. The molecule has 3 aromatic rings. The SMILES string of the molecule is Cc1cc(CC(N)Cc2ccccc2O)cnc1Cc1ccccc1. The molecule has 1 atom stereocenters. The van der Waals surface area contributed by atoms with Gasteiger partial charge in [-0.15, -0.1) is 0 Å². The normalized spacial score (nSPS) is 12.1. The molecule has 1 unspecified atom stereocenters. The fraction of sp³-hybridized carbons (Fsp3) is 0.227. The lowest BCUT2D eigenvalue weighted by atomic mass is 9.98. The molecule has 2 aromatic carbocycles. The van der Waals surface area contributed by atoms with E-state index in [1.165, 1.54) is 11.1 Å². The third kappa shape index (κ3) is 4.68. The van der Waals surface area contributed by atoms with Crippen LogP contribution in [0.3, 0.4) is 0 Å². The van der Waals surface area contributed by atoms with Crippen LogP contribution in [0.2, 0.25) is 0 Å². The number of aromatic nitrogens is 1. The molecular weight excluding hydrogens is 308 g/mol. The van der Waals surface area contributed by atoms with Crippen LogP contribution in [0.15, 0.2) is 66.9 Å². The van der Waals surface area contributed by atoms with Gasteiger partial charge in [0.15, 0.2) is 0 Å². The maximum absolute atomic E-state index is 9.88. The molecule has 0 bridgehead atoms. The van der Waals surface area contributed by atoms with E-state index < -0.39 is 0 Å². The van der Waals surface area contributed by atoms with Crippen LogP contribution < -0.4 is 5.73 Å². The molecule has 0 spiro atoms. The minimum Gasteiger partial charge on any atom is -0.508 e. The number of rotatable bonds is 6. The second-order valence-corrected chi connectivity index (χ2v) is 6.57. The average molecular weight is 332 g/mol. The average Bonchev–Trinajstić information content (AvgIpc) is 2.60. The summed E-state index contributed by atoms with van der Waals surface area (Å²) in [4.78, 5) is 4.65. The molecule has 3 rings (SSSR count). The molecule has 1 aromatic heterocycles. The van der Waals surface area contributed by atoms with Crippen molar-refractivity contribution in [3.8, 4) is 5.75 Å². The summed E-state index contributed by atoms with van der Waals surface area (Å²) >= 11 is 0. The number of nitrogens with two attached hydrogens (primary N) is 1. The van der Waals surface area contributed by atoms with Gasteiger partial charge in [-0.25, -0.2) is 0 Å². The van der Waals surface area contributed by atoms with Gasteiger partial charge < -0.3 is 10.8 Å². The summed E-state index contributed by atoms with van der Waals surface area (Å²) in [6.45, 7) is 2.10. The molecule has 0 aliphatic rings. The second-order valence-electron chi connectivity index (χ2n) is 6.57. The molecule has 0 saturated carbocycles. The van der Waals surface area contributed by atoms with Gasteiger partial charge in [0, 0.05) is 24.4 Å². The molecular formula is C22H24N2O. The van der Waals surface area contributed by atoms with E-state index in [9.17, 15) is 5.11 Å². The molecule has 3 N–H and O–H groups in total. The van der Waals surface area contributed by atoms with E-state index in [2.05, 4.69) is 42.2 Å². The van der Waals surface area contributed by atoms with Gasteiger partial charge >= 0.3 is 0 Å². The molecule has 0 amide bonds. The summed E-state index contributed by atoms with van der Waals surface area (Å²) in [6, 6.07) is 19.9. The van der Waals surface area contributed by atoms with Crippen LogP contribution in [0.4, 0.5) is 0 Å². The summed E-state index contributed by atoms with van der Waals surface area (Å²) < 4.78 is 0. The van der Waals surface area contributed by atoms with Gasteiger partial charge in [-0.3, -0.25) is 4.98 Å². The van der Waals surface area contributed by atoms with Crippen molar-refractivity contribution in [1.82, 2.24) is 4.98 Å². The Morgan fingerprint density at radius 1 is 0.960 bits per heavy atom. The predicted molar refractivity (Wildman–Crippen MR) is 102 cm³/mol. The highest BCUT2D eigenvalue weighted by Gasteiger charge is 2.10. The van der Waals surface area contributed by atoms with Crippen LogP contribution >= 0.6 is 0 Å². The Kier molecular flexibility index (Phi) is 5.46. The van der Waals surface area contributed by atoms with Gasteiger partial charge in [-0.05, 0) is 48.1 Å². The molecule has 0 aliphatic heterocycles. The van der Waals surface area contributed by atoms with Crippen LogP contribution in [0.25, 0.3) is 0 Å². The van der Waals surface area contributed by atoms with Crippen molar-refractivity contribution in [2.45, 2.75) is 32.2 Å². The number of aromatic hydroxyl groups is 1. The van der Waals surface area contributed by atoms with Crippen LogP contribution in [0.5, 0.6) is 5.75 Å². The Hall–Kier alpha value is -2.65. The first-order valence-electron chi connectivity index (χ1n) is 8.62. The maximum Gasteiger partial charge on any atom is 0.118 e. The van der Waals surface area contributed by atoms with E-state index in [4.69, 9.17) is 5.73 Å². The predicted octanol–water partition coefficient (Wildman–Crippen LogP) is 3.80. The van der Waals surface area contributed by atoms with Crippen molar-refractivity contribution in [3.63, 3.8) is 0 Å². The van der Waals surface area contributed by atoms with Crippen molar-refractivity contribution in [2.24, 2.45) is 5.73 Å². The van der Waals surface area contributed by atoms with Crippen molar-refractivity contribution in [1.29, 1.82) is 0 Å². The first-order chi connectivity index (χ1) is 12.1. The Morgan fingerprint density at radius 3 is 2.40 bits per heavy atom. The van der Waals surface area contributed by atoms with E-state index >= 15 is 0 Å². The fourth-order valence-corrected chi connectivity index (χ4v) is 3.09. The second kappa shape index (κ2) is 7.95. The Morgan fingerprint density at radius 2 is 1.68 bits per heavy atom. The molecule has 0 radical (unpaired) electrons. The van der Waals surface area contributed by atoms with Gasteiger partial charge in [0.25, 0.3) is 0 Å². The quantitative estimate of drug-likeness (QED) is 0.722. The van der Waals surface area contributed by atoms with Gasteiger partial charge in [0.2, 0.25) is 0 Å². The Labute approximate surface area is 149 Å². The molecule has 3 nitrogen and oxygen atoms in total. The number of hydrogen-bond donors (Lipinski definition) is 2. The molecule has 1 heterocycles. The van der Waals surface area contributed by atoms with Crippen molar-refractivity contribution >= 4 is 0 Å². The lowest BCUT2D eigenvalue weighted by molar-refractivity contribution is 0.464. The summed E-state index contributed by atoms with van der Waals surface area (Å²) in [5, 5.41) is 9.88. The number of pyridine rings is 1. The minimum absolute atomic E-state index is 0.0468. The zero-order valence-corrected chi connectivity index (χ0v) is 14.5. The zero-order chi connectivity index (χ0) is 17.6. The highest BCUT2D eigenvalue weighted by atomic mass is 16.3. The summed E-state index contributed by atoms with van der Waals surface area (Å²) in [5.74, 6) is 0.311. The van der Waals surface area contributed by atoms with Gasteiger partial charge in [0.05, 0.1) is 0 Å². The minimum atomic E-state index is -0.0468. The highest BCUT2D eigenvalue weighted by molar-refractivity contribution is 5.33. The van der Waals surface area contributed by atoms with E-state index in [0.29, 0.717) is 12.2 Å². The third-order valence-corrected chi connectivity index (χ3v) is 4.43. The van der Waals surface area contributed by atoms with Crippen LogP contribution in [-0.4, -0.2) is 16.1 Å². The summed E-state index contributed by atoms with van der Waals surface area (Å²) in [6.07, 6.45) is 4.16. The van der Waals surface area contributed by atoms with Crippen molar-refractivity contribution in [2.75, 3.05) is 0 Å². The number of benzene rings is 2. The monoisotopic (exact) mass is 332 g/mol. The van der Waals surface area contributed by atoms with Crippen LogP contribution in [0, 0.1) is 6.92 Å². The zero-order valence-electron chi connectivity index (χ0n) is 14.5.